The van der Waals surface area contributed by atoms with Gasteiger partial charge in [0.15, 0.2) is 5.96 Å². The first kappa shape index (κ1) is 12.1. The Kier molecular flexibility index (Phi) is 3.15. The lowest BCUT2D eigenvalue weighted by molar-refractivity contribution is 0.487. The van der Waals surface area contributed by atoms with Crippen LogP contribution >= 0.6 is 0 Å². The molecule has 19 heavy (non-hydrogen) atoms. The van der Waals surface area contributed by atoms with Crippen molar-refractivity contribution in [1.82, 2.24) is 9.88 Å². The van der Waals surface area contributed by atoms with Crippen LogP contribution in [0.5, 0.6) is 0 Å². The molecule has 1 heterocycles. The predicted molar refractivity (Wildman–Crippen MR) is 79.3 cm³/mol. The van der Waals surface area contributed by atoms with Crippen molar-refractivity contribution in [2.24, 2.45) is 10.7 Å². The van der Waals surface area contributed by atoms with Gasteiger partial charge in [-0.1, -0.05) is 18.2 Å². The van der Waals surface area contributed by atoms with Crippen molar-refractivity contribution in [2.45, 2.75) is 25.3 Å². The summed E-state index contributed by atoms with van der Waals surface area (Å²) in [6.45, 7) is 0.732. The Morgan fingerprint density at radius 2 is 2.21 bits per heavy atom. The summed E-state index contributed by atoms with van der Waals surface area (Å²) in [6.07, 6.45) is 3.39. The molecule has 1 aliphatic carbocycles. The summed E-state index contributed by atoms with van der Waals surface area (Å²) in [5.74, 6) is 0.665. The van der Waals surface area contributed by atoms with Crippen molar-refractivity contribution >= 4 is 16.9 Å². The molecule has 0 amide bonds. The van der Waals surface area contributed by atoms with Crippen LogP contribution in [0.4, 0.5) is 0 Å². The van der Waals surface area contributed by atoms with Crippen molar-refractivity contribution in [2.75, 3.05) is 13.6 Å². The van der Waals surface area contributed by atoms with Crippen LogP contribution in [0.3, 0.4) is 0 Å². The third kappa shape index (κ3) is 2.72. The fraction of sp³-hybridized carbons (Fsp3) is 0.400. The fourth-order valence-corrected chi connectivity index (χ4v) is 2.32. The molecule has 0 saturated heterocycles. The number of aromatic amines is 1. The van der Waals surface area contributed by atoms with E-state index in [1.165, 1.54) is 29.4 Å². The molecule has 1 saturated carbocycles. The highest BCUT2D eigenvalue weighted by atomic mass is 15.3. The SMILES string of the molecule is CN(C(N)=NCCc1cc2ccccc2[nH]1)C1CC1. The molecule has 0 radical (unpaired) electrons. The van der Waals surface area contributed by atoms with Crippen molar-refractivity contribution < 1.29 is 0 Å². The summed E-state index contributed by atoms with van der Waals surface area (Å²) in [4.78, 5) is 9.95. The number of benzene rings is 1. The van der Waals surface area contributed by atoms with Gasteiger partial charge in [-0.05, 0) is 30.4 Å². The molecule has 0 aliphatic heterocycles. The van der Waals surface area contributed by atoms with E-state index in [0.717, 1.165) is 13.0 Å². The number of nitrogens with two attached hydrogens (primary N) is 1. The van der Waals surface area contributed by atoms with Crippen molar-refractivity contribution in [1.29, 1.82) is 0 Å². The summed E-state index contributed by atoms with van der Waals surface area (Å²) in [7, 11) is 2.03. The van der Waals surface area contributed by atoms with E-state index in [2.05, 4.69) is 39.1 Å². The summed E-state index contributed by atoms with van der Waals surface area (Å²) in [6, 6.07) is 11.1. The second-order valence-electron chi connectivity index (χ2n) is 5.21. The Balaban J connectivity index is 1.60. The maximum Gasteiger partial charge on any atom is 0.191 e. The standard InChI is InChI=1S/C15H20N4/c1-19(13-6-7-13)15(16)17-9-8-12-10-11-4-2-3-5-14(11)18-12/h2-5,10,13,18H,6-9H2,1H3,(H2,16,17). The second-order valence-corrected chi connectivity index (χ2v) is 5.21. The predicted octanol–water partition coefficient (Wildman–Crippen LogP) is 2.12. The highest BCUT2D eigenvalue weighted by Crippen LogP contribution is 2.24. The van der Waals surface area contributed by atoms with Crippen LogP contribution in [0.25, 0.3) is 10.9 Å². The number of H-pyrrole nitrogens is 1. The molecular weight excluding hydrogens is 236 g/mol. The first-order valence-electron chi connectivity index (χ1n) is 6.83. The average Bonchev–Trinajstić information content (AvgIpc) is 3.17. The third-order valence-corrected chi connectivity index (χ3v) is 3.70. The minimum Gasteiger partial charge on any atom is -0.370 e. The Bertz CT molecular complexity index is 562. The van der Waals surface area contributed by atoms with Gasteiger partial charge in [-0.2, -0.15) is 0 Å². The Morgan fingerprint density at radius 3 is 2.95 bits per heavy atom. The highest BCUT2D eigenvalue weighted by Gasteiger charge is 2.27. The van der Waals surface area contributed by atoms with Gasteiger partial charge >= 0.3 is 0 Å². The number of rotatable bonds is 4. The number of nitrogens with one attached hydrogen (secondary N) is 1. The van der Waals surface area contributed by atoms with Gasteiger partial charge in [0.2, 0.25) is 0 Å². The van der Waals surface area contributed by atoms with E-state index in [-0.39, 0.29) is 0 Å². The lowest BCUT2D eigenvalue weighted by Gasteiger charge is -2.16. The summed E-state index contributed by atoms with van der Waals surface area (Å²) in [5, 5.41) is 1.25. The monoisotopic (exact) mass is 256 g/mol. The van der Waals surface area contributed by atoms with Crippen LogP contribution < -0.4 is 5.73 Å². The van der Waals surface area contributed by atoms with E-state index >= 15 is 0 Å². The molecule has 4 nitrogen and oxygen atoms in total. The molecule has 0 bridgehead atoms. The molecule has 0 unspecified atom stereocenters. The molecule has 3 N–H and O–H groups in total. The lowest BCUT2D eigenvalue weighted by atomic mass is 10.2. The molecule has 1 fully saturated rings. The molecule has 1 aliphatic rings. The van der Waals surface area contributed by atoms with Gasteiger partial charge in [0.25, 0.3) is 0 Å². The summed E-state index contributed by atoms with van der Waals surface area (Å²) < 4.78 is 0. The topological polar surface area (TPSA) is 57.4 Å². The van der Waals surface area contributed by atoms with Crippen LogP contribution in [0, 0.1) is 0 Å². The van der Waals surface area contributed by atoms with E-state index in [1.54, 1.807) is 0 Å². The van der Waals surface area contributed by atoms with Crippen LogP contribution in [0.2, 0.25) is 0 Å². The summed E-state index contributed by atoms with van der Waals surface area (Å²) >= 11 is 0. The number of aromatic nitrogens is 1. The minimum absolute atomic E-state index is 0.622. The van der Waals surface area contributed by atoms with Crippen LogP contribution in [0.1, 0.15) is 18.5 Å². The summed E-state index contributed by atoms with van der Waals surface area (Å²) in [5.41, 5.74) is 8.36. The maximum absolute atomic E-state index is 5.96. The molecule has 4 heteroatoms. The van der Waals surface area contributed by atoms with Crippen LogP contribution in [0.15, 0.2) is 35.3 Å². The third-order valence-electron chi connectivity index (χ3n) is 3.70. The molecule has 0 spiro atoms. The molecule has 2 aromatic rings. The van der Waals surface area contributed by atoms with Crippen molar-refractivity contribution in [3.63, 3.8) is 0 Å². The van der Waals surface area contributed by atoms with Gasteiger partial charge in [0.05, 0.1) is 0 Å². The zero-order valence-electron chi connectivity index (χ0n) is 11.3. The number of fused-ring (bicyclic) bond motifs is 1. The Morgan fingerprint density at radius 1 is 1.42 bits per heavy atom. The number of hydrogen-bond donors (Lipinski definition) is 2. The van der Waals surface area contributed by atoms with Crippen molar-refractivity contribution in [3.8, 4) is 0 Å². The first-order chi connectivity index (χ1) is 9.24. The molecule has 1 aromatic carbocycles. The van der Waals surface area contributed by atoms with Crippen LogP contribution in [-0.2, 0) is 6.42 Å². The Labute approximate surface area is 113 Å². The largest absolute Gasteiger partial charge is 0.370 e. The molecular formula is C15H20N4. The van der Waals surface area contributed by atoms with Crippen LogP contribution in [-0.4, -0.2) is 35.5 Å². The molecule has 1 aromatic heterocycles. The number of nitrogens with zero attached hydrogens (tertiary/aromatic N) is 2. The molecule has 3 rings (SSSR count). The highest BCUT2D eigenvalue weighted by molar-refractivity contribution is 5.80. The van der Waals surface area contributed by atoms with Gasteiger partial charge < -0.3 is 15.6 Å². The van der Waals surface area contributed by atoms with Gasteiger partial charge in [0.1, 0.15) is 0 Å². The smallest absolute Gasteiger partial charge is 0.191 e. The first-order valence-corrected chi connectivity index (χ1v) is 6.83. The number of guanidine groups is 1. The minimum atomic E-state index is 0.622. The van der Waals surface area contributed by atoms with E-state index in [0.29, 0.717) is 12.0 Å². The average molecular weight is 256 g/mol. The van der Waals surface area contributed by atoms with E-state index in [4.69, 9.17) is 5.73 Å². The number of hydrogen-bond acceptors (Lipinski definition) is 1. The fourth-order valence-electron chi connectivity index (χ4n) is 2.32. The van der Waals surface area contributed by atoms with Crippen molar-refractivity contribution in [3.05, 3.63) is 36.0 Å². The van der Waals surface area contributed by atoms with Gasteiger partial charge in [-0.25, -0.2) is 0 Å². The van der Waals surface area contributed by atoms with E-state index in [1.807, 2.05) is 13.1 Å². The zero-order valence-corrected chi connectivity index (χ0v) is 11.3. The zero-order chi connectivity index (χ0) is 13.2. The van der Waals surface area contributed by atoms with E-state index < -0.39 is 0 Å². The quantitative estimate of drug-likeness (QED) is 0.650. The van der Waals surface area contributed by atoms with Gasteiger partial charge in [0, 0.05) is 37.3 Å². The maximum atomic E-state index is 5.96. The molecule has 0 atom stereocenters. The van der Waals surface area contributed by atoms with Gasteiger partial charge in [-0.15, -0.1) is 0 Å². The van der Waals surface area contributed by atoms with Gasteiger partial charge in [-0.3, -0.25) is 4.99 Å². The lowest BCUT2D eigenvalue weighted by Crippen LogP contribution is -2.35. The second kappa shape index (κ2) is 4.96. The number of aliphatic imine (C=N–C) groups is 1. The normalized spacial score (nSPS) is 15.9. The van der Waals surface area contributed by atoms with E-state index in [9.17, 15) is 0 Å². The number of para-hydroxylation sites is 1. The Hall–Kier alpha value is -1.97. The molecule has 100 valence electrons.